The predicted octanol–water partition coefficient (Wildman–Crippen LogP) is 2.90. The summed E-state index contributed by atoms with van der Waals surface area (Å²) in [7, 11) is 0. The lowest BCUT2D eigenvalue weighted by Gasteiger charge is -2.24. The molecule has 0 saturated heterocycles. The van der Waals surface area contributed by atoms with Gasteiger partial charge in [0.25, 0.3) is 0 Å². The second-order valence-corrected chi connectivity index (χ2v) is 5.68. The Kier molecular flexibility index (Phi) is 5.04. The SMILES string of the molecule is CCn1ncc(C(C)NC(=O)NC2CCCCC2)c1C. The second-order valence-electron chi connectivity index (χ2n) is 5.68. The summed E-state index contributed by atoms with van der Waals surface area (Å²) in [5.74, 6) is 0. The molecule has 1 aliphatic rings. The van der Waals surface area contributed by atoms with Gasteiger partial charge in [-0.3, -0.25) is 4.68 Å². The van der Waals surface area contributed by atoms with Gasteiger partial charge < -0.3 is 10.6 Å². The Bertz CT molecular complexity index is 449. The number of urea groups is 1. The Morgan fingerprint density at radius 2 is 2.15 bits per heavy atom. The van der Waals surface area contributed by atoms with E-state index >= 15 is 0 Å². The molecular weight excluding hydrogens is 252 g/mol. The van der Waals surface area contributed by atoms with E-state index in [2.05, 4.69) is 22.7 Å². The molecule has 0 bridgehead atoms. The average molecular weight is 278 g/mol. The molecule has 2 rings (SSSR count). The van der Waals surface area contributed by atoms with Gasteiger partial charge in [-0.15, -0.1) is 0 Å². The van der Waals surface area contributed by atoms with Crippen molar-refractivity contribution in [3.63, 3.8) is 0 Å². The minimum absolute atomic E-state index is 0.0149. The summed E-state index contributed by atoms with van der Waals surface area (Å²) in [5, 5.41) is 10.4. The molecule has 1 aliphatic carbocycles. The molecular formula is C15H26N4O. The number of hydrogen-bond acceptors (Lipinski definition) is 2. The van der Waals surface area contributed by atoms with Crippen molar-refractivity contribution in [2.24, 2.45) is 0 Å². The number of nitrogens with zero attached hydrogens (tertiary/aromatic N) is 2. The maximum Gasteiger partial charge on any atom is 0.315 e. The van der Waals surface area contributed by atoms with Crippen LogP contribution in [-0.2, 0) is 6.54 Å². The van der Waals surface area contributed by atoms with Crippen LogP contribution in [0.15, 0.2) is 6.20 Å². The molecule has 5 nitrogen and oxygen atoms in total. The topological polar surface area (TPSA) is 59.0 Å². The van der Waals surface area contributed by atoms with Crippen molar-refractivity contribution in [1.29, 1.82) is 0 Å². The summed E-state index contributed by atoms with van der Waals surface area (Å²) in [6.07, 6.45) is 7.81. The standard InChI is InChI=1S/C15H26N4O/c1-4-19-12(3)14(10-16-19)11(2)17-15(20)18-13-8-6-5-7-9-13/h10-11,13H,4-9H2,1-3H3,(H2,17,18,20). The third-order valence-corrected chi connectivity index (χ3v) is 4.20. The van der Waals surface area contributed by atoms with Crippen LogP contribution in [0.5, 0.6) is 0 Å². The molecule has 1 fully saturated rings. The summed E-state index contributed by atoms with van der Waals surface area (Å²) < 4.78 is 1.95. The zero-order valence-electron chi connectivity index (χ0n) is 12.8. The summed E-state index contributed by atoms with van der Waals surface area (Å²) in [4.78, 5) is 12.0. The van der Waals surface area contributed by atoms with Crippen LogP contribution >= 0.6 is 0 Å². The third-order valence-electron chi connectivity index (χ3n) is 4.20. The van der Waals surface area contributed by atoms with Crippen LogP contribution in [0.4, 0.5) is 4.79 Å². The molecule has 2 N–H and O–H groups in total. The molecule has 1 unspecified atom stereocenters. The molecule has 1 atom stereocenters. The van der Waals surface area contributed by atoms with Gasteiger partial charge >= 0.3 is 6.03 Å². The molecule has 0 aliphatic heterocycles. The van der Waals surface area contributed by atoms with Gasteiger partial charge in [0, 0.05) is 23.8 Å². The molecule has 5 heteroatoms. The van der Waals surface area contributed by atoms with Crippen molar-refractivity contribution in [3.05, 3.63) is 17.5 Å². The lowest BCUT2D eigenvalue weighted by Crippen LogP contribution is -2.43. The summed E-state index contributed by atoms with van der Waals surface area (Å²) in [6.45, 7) is 6.97. The second kappa shape index (κ2) is 6.77. The molecule has 1 aromatic rings. The van der Waals surface area contributed by atoms with Crippen LogP contribution in [0.2, 0.25) is 0 Å². The Morgan fingerprint density at radius 1 is 1.45 bits per heavy atom. The van der Waals surface area contributed by atoms with E-state index < -0.39 is 0 Å². The monoisotopic (exact) mass is 278 g/mol. The molecule has 20 heavy (non-hydrogen) atoms. The van der Waals surface area contributed by atoms with E-state index in [0.717, 1.165) is 30.6 Å². The van der Waals surface area contributed by atoms with Crippen LogP contribution in [0.25, 0.3) is 0 Å². The Hall–Kier alpha value is -1.52. The van der Waals surface area contributed by atoms with E-state index in [1.165, 1.54) is 19.3 Å². The lowest BCUT2D eigenvalue weighted by atomic mass is 9.96. The number of aryl methyl sites for hydroxylation is 1. The Balaban J connectivity index is 1.88. The van der Waals surface area contributed by atoms with E-state index in [0.29, 0.717) is 6.04 Å². The zero-order valence-corrected chi connectivity index (χ0v) is 12.8. The largest absolute Gasteiger partial charge is 0.335 e. The first kappa shape index (κ1) is 14.9. The molecule has 2 amide bonds. The van der Waals surface area contributed by atoms with Crippen LogP contribution < -0.4 is 10.6 Å². The van der Waals surface area contributed by atoms with Crippen molar-refractivity contribution in [2.75, 3.05) is 0 Å². The predicted molar refractivity (Wildman–Crippen MR) is 79.6 cm³/mol. The van der Waals surface area contributed by atoms with Crippen molar-refractivity contribution >= 4 is 6.03 Å². The van der Waals surface area contributed by atoms with E-state index in [-0.39, 0.29) is 12.1 Å². The maximum atomic E-state index is 12.0. The molecule has 1 heterocycles. The molecule has 112 valence electrons. The van der Waals surface area contributed by atoms with Gasteiger partial charge in [0.15, 0.2) is 0 Å². The summed E-state index contributed by atoms with van der Waals surface area (Å²) in [5.41, 5.74) is 2.21. The molecule has 0 spiro atoms. The third kappa shape index (κ3) is 3.52. The zero-order chi connectivity index (χ0) is 14.5. The van der Waals surface area contributed by atoms with E-state index in [1.807, 2.05) is 24.7 Å². The number of amides is 2. The van der Waals surface area contributed by atoms with Gasteiger partial charge in [-0.05, 0) is 33.6 Å². The minimum atomic E-state index is -0.0620. The molecule has 1 aromatic heterocycles. The Labute approximate surface area is 121 Å². The van der Waals surface area contributed by atoms with Gasteiger partial charge in [0.05, 0.1) is 12.2 Å². The summed E-state index contributed by atoms with van der Waals surface area (Å²) in [6, 6.07) is 0.266. The first-order valence-electron chi connectivity index (χ1n) is 7.71. The van der Waals surface area contributed by atoms with E-state index in [1.54, 1.807) is 0 Å². The van der Waals surface area contributed by atoms with Gasteiger partial charge in [-0.2, -0.15) is 5.10 Å². The van der Waals surface area contributed by atoms with Crippen LogP contribution in [0.1, 0.15) is 63.3 Å². The molecule has 0 aromatic carbocycles. The molecule has 1 saturated carbocycles. The van der Waals surface area contributed by atoms with Crippen LogP contribution in [0.3, 0.4) is 0 Å². The smallest absolute Gasteiger partial charge is 0.315 e. The quantitative estimate of drug-likeness (QED) is 0.889. The highest BCUT2D eigenvalue weighted by Crippen LogP contribution is 2.18. The summed E-state index contributed by atoms with van der Waals surface area (Å²) >= 11 is 0. The van der Waals surface area contributed by atoms with Crippen molar-refractivity contribution in [1.82, 2.24) is 20.4 Å². The minimum Gasteiger partial charge on any atom is -0.335 e. The fourth-order valence-corrected chi connectivity index (χ4v) is 2.95. The normalized spacial score (nSPS) is 17.8. The van der Waals surface area contributed by atoms with E-state index in [9.17, 15) is 4.79 Å². The van der Waals surface area contributed by atoms with Gasteiger partial charge in [-0.25, -0.2) is 4.79 Å². The number of hydrogen-bond donors (Lipinski definition) is 2. The highest BCUT2D eigenvalue weighted by molar-refractivity contribution is 5.74. The number of nitrogens with one attached hydrogen (secondary N) is 2. The van der Waals surface area contributed by atoms with Crippen LogP contribution in [0, 0.1) is 6.92 Å². The number of rotatable bonds is 4. The highest BCUT2D eigenvalue weighted by atomic mass is 16.2. The molecule has 0 radical (unpaired) electrons. The first-order chi connectivity index (χ1) is 9.61. The van der Waals surface area contributed by atoms with Gasteiger partial charge in [-0.1, -0.05) is 19.3 Å². The van der Waals surface area contributed by atoms with Crippen LogP contribution in [-0.4, -0.2) is 21.9 Å². The fraction of sp³-hybridized carbons (Fsp3) is 0.733. The highest BCUT2D eigenvalue weighted by Gasteiger charge is 2.18. The number of carbonyl (C=O) groups is 1. The lowest BCUT2D eigenvalue weighted by molar-refractivity contribution is 0.229. The Morgan fingerprint density at radius 3 is 2.75 bits per heavy atom. The maximum absolute atomic E-state index is 12.0. The van der Waals surface area contributed by atoms with E-state index in [4.69, 9.17) is 0 Å². The van der Waals surface area contributed by atoms with Gasteiger partial charge in [0.2, 0.25) is 0 Å². The first-order valence-corrected chi connectivity index (χ1v) is 7.71. The van der Waals surface area contributed by atoms with Crippen molar-refractivity contribution in [3.8, 4) is 0 Å². The van der Waals surface area contributed by atoms with Crippen molar-refractivity contribution in [2.45, 2.75) is 71.5 Å². The fourth-order valence-electron chi connectivity index (χ4n) is 2.95. The number of aromatic nitrogens is 2. The average Bonchev–Trinajstić information content (AvgIpc) is 2.80. The van der Waals surface area contributed by atoms with Crippen molar-refractivity contribution < 1.29 is 4.79 Å². The van der Waals surface area contributed by atoms with Gasteiger partial charge in [0.1, 0.15) is 0 Å². The number of carbonyl (C=O) groups excluding carboxylic acids is 1.